The molecule has 170 valence electrons. The summed E-state index contributed by atoms with van der Waals surface area (Å²) in [5.41, 5.74) is 2.50. The average Bonchev–Trinajstić information content (AvgIpc) is 2.72. The topological polar surface area (TPSA) is 82.1 Å². The summed E-state index contributed by atoms with van der Waals surface area (Å²) in [4.78, 5) is 0. The van der Waals surface area contributed by atoms with Crippen LogP contribution in [0.4, 0.5) is 8.78 Å². The molecule has 2 aromatic carbocycles. The summed E-state index contributed by atoms with van der Waals surface area (Å²) < 4.78 is 73.9. The molecule has 0 fully saturated rings. The van der Waals surface area contributed by atoms with Crippen molar-refractivity contribution < 1.29 is 39.9 Å². The summed E-state index contributed by atoms with van der Waals surface area (Å²) in [6.45, 7) is 0.959. The Kier molecular flexibility index (Phi) is 6.85. The number of methoxy groups -OCH3 is 2. The molecule has 1 aliphatic heterocycles. The van der Waals surface area contributed by atoms with E-state index < -0.39 is 22.0 Å². The zero-order chi connectivity index (χ0) is 22.8. The zero-order valence-electron chi connectivity index (χ0n) is 17.6. The van der Waals surface area contributed by atoms with E-state index in [0.717, 1.165) is 17.2 Å². The monoisotopic (exact) mass is 458 g/mol. The molecule has 0 aromatic heterocycles. The standard InChI is InChI=1S/C21H25F2NO6S/c1-24(8-4-10-30-31(25,26)27)9-7-14-12-19(28-2)20(29-3)13-16(14)21(24)15-5-6-17(22)18(23)11-15/h5-6,11-13,21H,4,7-10H2,1-3H3/p+1/t21-,24-/m0/s1. The van der Waals surface area contributed by atoms with Gasteiger partial charge in [0.05, 0.1) is 41.0 Å². The Hall–Kier alpha value is -2.27. The van der Waals surface area contributed by atoms with Gasteiger partial charge in [-0.15, -0.1) is 0 Å². The first-order valence-corrected chi connectivity index (χ1v) is 11.1. The van der Waals surface area contributed by atoms with Crippen LogP contribution in [0.3, 0.4) is 0 Å². The minimum absolute atomic E-state index is 0.185. The van der Waals surface area contributed by atoms with Gasteiger partial charge in [-0.3, -0.25) is 4.55 Å². The van der Waals surface area contributed by atoms with Crippen molar-refractivity contribution in [1.82, 2.24) is 0 Å². The zero-order valence-corrected chi connectivity index (χ0v) is 18.4. The van der Waals surface area contributed by atoms with Gasteiger partial charge in [-0.25, -0.2) is 13.0 Å². The molecule has 0 aliphatic carbocycles. The van der Waals surface area contributed by atoms with Gasteiger partial charge in [0.25, 0.3) is 0 Å². The SMILES string of the molecule is COc1cc2c(cc1OC)[C@H](c1ccc(F)c(F)c1)[N@@+](C)(CCCOS(=O)(=O)O)CC2. The molecule has 1 N–H and O–H groups in total. The fourth-order valence-corrected chi connectivity index (χ4v) is 4.63. The number of nitrogens with zero attached hydrogens (tertiary/aromatic N) is 1. The molecule has 10 heteroatoms. The van der Waals surface area contributed by atoms with E-state index in [-0.39, 0.29) is 12.6 Å². The third-order valence-electron chi connectivity index (χ3n) is 5.76. The van der Waals surface area contributed by atoms with Crippen LogP contribution < -0.4 is 9.47 Å². The summed E-state index contributed by atoms with van der Waals surface area (Å²) >= 11 is 0. The Morgan fingerprint density at radius 2 is 1.77 bits per heavy atom. The Balaban J connectivity index is 2.04. The second-order valence-corrected chi connectivity index (χ2v) is 8.85. The summed E-state index contributed by atoms with van der Waals surface area (Å²) in [7, 11) is 0.533. The van der Waals surface area contributed by atoms with Gasteiger partial charge in [0.2, 0.25) is 0 Å². The molecule has 2 atom stereocenters. The summed E-state index contributed by atoms with van der Waals surface area (Å²) in [6.07, 6.45) is 1.03. The van der Waals surface area contributed by atoms with E-state index in [0.29, 0.717) is 47.5 Å². The maximum absolute atomic E-state index is 14.1. The van der Waals surface area contributed by atoms with E-state index in [4.69, 9.17) is 14.0 Å². The molecule has 1 heterocycles. The lowest BCUT2D eigenvalue weighted by Crippen LogP contribution is -2.52. The minimum Gasteiger partial charge on any atom is -0.493 e. The van der Waals surface area contributed by atoms with E-state index in [1.165, 1.54) is 13.2 Å². The van der Waals surface area contributed by atoms with Crippen LogP contribution in [-0.2, 0) is 21.0 Å². The van der Waals surface area contributed by atoms with Crippen molar-refractivity contribution in [3.05, 3.63) is 58.7 Å². The maximum Gasteiger partial charge on any atom is 0.397 e. The molecule has 31 heavy (non-hydrogen) atoms. The molecule has 0 radical (unpaired) electrons. The highest BCUT2D eigenvalue weighted by atomic mass is 32.3. The highest BCUT2D eigenvalue weighted by Crippen LogP contribution is 2.44. The van der Waals surface area contributed by atoms with Crippen LogP contribution in [0.1, 0.15) is 29.2 Å². The fraction of sp³-hybridized carbons (Fsp3) is 0.429. The normalized spacial score (nSPS) is 20.9. The van der Waals surface area contributed by atoms with Crippen LogP contribution in [0.5, 0.6) is 11.5 Å². The Bertz CT molecular complexity index is 1060. The van der Waals surface area contributed by atoms with Gasteiger partial charge < -0.3 is 14.0 Å². The van der Waals surface area contributed by atoms with Gasteiger partial charge in [0.15, 0.2) is 23.1 Å². The molecule has 0 saturated carbocycles. The molecule has 0 saturated heterocycles. The van der Waals surface area contributed by atoms with Gasteiger partial charge in [-0.2, -0.15) is 8.42 Å². The average molecular weight is 459 g/mol. The smallest absolute Gasteiger partial charge is 0.397 e. The lowest BCUT2D eigenvalue weighted by atomic mass is 9.85. The van der Waals surface area contributed by atoms with Crippen LogP contribution in [0.2, 0.25) is 0 Å². The number of hydrogen-bond acceptors (Lipinski definition) is 5. The number of benzene rings is 2. The van der Waals surface area contributed by atoms with Crippen molar-refractivity contribution in [1.29, 1.82) is 0 Å². The van der Waals surface area contributed by atoms with E-state index in [9.17, 15) is 17.2 Å². The number of quaternary nitrogens is 1. The number of halogens is 2. The van der Waals surface area contributed by atoms with Crippen molar-refractivity contribution in [2.45, 2.75) is 18.9 Å². The van der Waals surface area contributed by atoms with Gasteiger partial charge in [-0.05, 0) is 35.9 Å². The van der Waals surface area contributed by atoms with Crippen molar-refractivity contribution in [2.75, 3.05) is 41.0 Å². The second kappa shape index (κ2) is 9.07. The van der Waals surface area contributed by atoms with Crippen LogP contribution in [0.15, 0.2) is 30.3 Å². The fourth-order valence-electron chi connectivity index (χ4n) is 4.30. The van der Waals surface area contributed by atoms with Crippen molar-refractivity contribution >= 4 is 10.4 Å². The van der Waals surface area contributed by atoms with Crippen LogP contribution in [-0.4, -0.2) is 58.4 Å². The number of likely N-dealkylation sites (N-methyl/N-ethyl adjacent to an activating group) is 1. The molecule has 1 aliphatic rings. The Morgan fingerprint density at radius 1 is 1.10 bits per heavy atom. The van der Waals surface area contributed by atoms with Gasteiger partial charge >= 0.3 is 10.4 Å². The molecule has 0 unspecified atom stereocenters. The lowest BCUT2D eigenvalue weighted by Gasteiger charge is -2.46. The van der Waals surface area contributed by atoms with Crippen molar-refractivity contribution in [2.24, 2.45) is 0 Å². The van der Waals surface area contributed by atoms with Crippen LogP contribution in [0, 0.1) is 11.6 Å². The van der Waals surface area contributed by atoms with E-state index in [1.807, 2.05) is 19.2 Å². The first-order chi connectivity index (χ1) is 14.6. The molecule has 2 aromatic rings. The first-order valence-electron chi connectivity index (χ1n) is 9.74. The molecular formula is C21H26F2NO6S+. The molecule has 3 rings (SSSR count). The minimum atomic E-state index is -4.52. The first kappa shape index (κ1) is 23.4. The van der Waals surface area contributed by atoms with Crippen LogP contribution in [0.25, 0.3) is 0 Å². The molecule has 7 nitrogen and oxygen atoms in total. The van der Waals surface area contributed by atoms with Crippen molar-refractivity contribution in [3.8, 4) is 11.5 Å². The predicted octanol–water partition coefficient (Wildman–Crippen LogP) is 3.28. The number of fused-ring (bicyclic) bond motifs is 1. The second-order valence-electron chi connectivity index (χ2n) is 7.76. The molecule has 0 spiro atoms. The van der Waals surface area contributed by atoms with Crippen molar-refractivity contribution in [3.63, 3.8) is 0 Å². The number of hydrogen-bond donors (Lipinski definition) is 1. The molecule has 0 bridgehead atoms. The lowest BCUT2D eigenvalue weighted by molar-refractivity contribution is -0.935. The highest BCUT2D eigenvalue weighted by molar-refractivity contribution is 7.80. The molecular weight excluding hydrogens is 432 g/mol. The quantitative estimate of drug-likeness (QED) is 0.371. The van der Waals surface area contributed by atoms with Gasteiger partial charge in [0.1, 0.15) is 6.04 Å². The summed E-state index contributed by atoms with van der Waals surface area (Å²) in [6, 6.07) is 7.24. The summed E-state index contributed by atoms with van der Waals surface area (Å²) in [5.74, 6) is -0.755. The van der Waals surface area contributed by atoms with Gasteiger partial charge in [-0.1, -0.05) is 0 Å². The molecule has 0 amide bonds. The largest absolute Gasteiger partial charge is 0.493 e. The van der Waals surface area contributed by atoms with E-state index in [2.05, 4.69) is 4.18 Å². The highest BCUT2D eigenvalue weighted by Gasteiger charge is 2.41. The maximum atomic E-state index is 14.1. The van der Waals surface area contributed by atoms with Crippen LogP contribution >= 0.6 is 0 Å². The van der Waals surface area contributed by atoms with E-state index in [1.54, 1.807) is 13.2 Å². The van der Waals surface area contributed by atoms with Gasteiger partial charge in [0, 0.05) is 24.0 Å². The Labute approximate surface area is 180 Å². The van der Waals surface area contributed by atoms with E-state index >= 15 is 0 Å². The number of ether oxygens (including phenoxy) is 2. The Morgan fingerprint density at radius 3 is 2.39 bits per heavy atom. The summed E-state index contributed by atoms with van der Waals surface area (Å²) in [5, 5.41) is 0. The third kappa shape index (κ3) is 5.15. The number of rotatable bonds is 8. The predicted molar refractivity (Wildman–Crippen MR) is 109 cm³/mol. The third-order valence-corrected chi connectivity index (χ3v) is 6.22.